The monoisotopic (exact) mass is 365 g/mol. The molecule has 0 bridgehead atoms. The van der Waals surface area contributed by atoms with E-state index in [4.69, 9.17) is 4.74 Å². The third kappa shape index (κ3) is 2.71. The summed E-state index contributed by atoms with van der Waals surface area (Å²) in [5, 5.41) is 0. The zero-order chi connectivity index (χ0) is 18.5. The van der Waals surface area contributed by atoms with Crippen molar-refractivity contribution in [1.82, 2.24) is 0 Å². The lowest BCUT2D eigenvalue weighted by molar-refractivity contribution is -0.139. The van der Waals surface area contributed by atoms with E-state index in [1.807, 2.05) is 0 Å². The Bertz CT molecular complexity index is 878. The normalized spacial score (nSPS) is 18.9. The Hall–Kier alpha value is -2.57. The molecule has 1 amide bonds. The summed E-state index contributed by atoms with van der Waals surface area (Å²) in [5.41, 5.74) is 0.769. The molecule has 1 aliphatic heterocycles. The number of halogens is 4. The predicted molar refractivity (Wildman–Crippen MR) is 86.8 cm³/mol. The molecule has 3 nitrogen and oxygen atoms in total. The highest BCUT2D eigenvalue weighted by Gasteiger charge is 2.40. The molecule has 1 unspecified atom stereocenters. The van der Waals surface area contributed by atoms with Crippen molar-refractivity contribution in [1.29, 1.82) is 0 Å². The number of carbonyl (C=O) groups is 1. The minimum absolute atomic E-state index is 0.00513. The maximum Gasteiger partial charge on any atom is 0.420 e. The molecule has 2 aromatic rings. The van der Waals surface area contributed by atoms with Crippen molar-refractivity contribution in [2.24, 2.45) is 0 Å². The average molecular weight is 365 g/mol. The van der Waals surface area contributed by atoms with Gasteiger partial charge in [0.2, 0.25) is 5.91 Å². The van der Waals surface area contributed by atoms with E-state index in [0.29, 0.717) is 12.8 Å². The van der Waals surface area contributed by atoms with E-state index in [-0.39, 0.29) is 36.3 Å². The van der Waals surface area contributed by atoms with Gasteiger partial charge >= 0.3 is 6.18 Å². The molecule has 4 rings (SSSR count). The number of fused-ring (bicyclic) bond motifs is 2. The van der Waals surface area contributed by atoms with Gasteiger partial charge in [-0.3, -0.25) is 4.79 Å². The van der Waals surface area contributed by atoms with Gasteiger partial charge in [-0.1, -0.05) is 12.1 Å². The first-order valence-electron chi connectivity index (χ1n) is 8.29. The summed E-state index contributed by atoms with van der Waals surface area (Å²) in [4.78, 5) is 14.4. The Labute approximate surface area is 147 Å². The second-order valence-electron chi connectivity index (χ2n) is 6.42. The van der Waals surface area contributed by atoms with Crippen molar-refractivity contribution in [2.75, 3.05) is 18.1 Å². The lowest BCUT2D eigenvalue weighted by Gasteiger charge is -2.33. The first kappa shape index (κ1) is 16.9. The van der Waals surface area contributed by atoms with Crippen LogP contribution in [-0.4, -0.2) is 19.1 Å². The van der Waals surface area contributed by atoms with Gasteiger partial charge in [0.1, 0.15) is 12.4 Å². The molecule has 2 aliphatic rings. The number of benzene rings is 2. The fraction of sp³-hybridized carbons (Fsp3) is 0.316. The van der Waals surface area contributed by atoms with Gasteiger partial charge in [0, 0.05) is 0 Å². The molecule has 0 fully saturated rings. The Balaban J connectivity index is 1.71. The topological polar surface area (TPSA) is 29.5 Å². The van der Waals surface area contributed by atoms with E-state index < -0.39 is 17.7 Å². The second kappa shape index (κ2) is 6.00. The molecular weight excluding hydrogens is 350 g/mol. The smallest absolute Gasteiger partial charge is 0.420 e. The Morgan fingerprint density at radius 3 is 2.77 bits per heavy atom. The highest BCUT2D eigenvalue weighted by Crippen LogP contribution is 2.45. The minimum atomic E-state index is -4.56. The molecule has 0 spiro atoms. The summed E-state index contributed by atoms with van der Waals surface area (Å²) in [6.45, 7) is 0.176. The van der Waals surface area contributed by atoms with E-state index >= 15 is 0 Å². The van der Waals surface area contributed by atoms with Gasteiger partial charge in [-0.2, -0.15) is 13.2 Å². The highest BCUT2D eigenvalue weighted by molar-refractivity contribution is 6.00. The van der Waals surface area contributed by atoms with Gasteiger partial charge in [0.25, 0.3) is 0 Å². The molecule has 1 heterocycles. The molecule has 0 saturated heterocycles. The van der Waals surface area contributed by atoms with Crippen LogP contribution in [0.2, 0.25) is 0 Å². The summed E-state index contributed by atoms with van der Waals surface area (Å²) in [7, 11) is 0. The molecule has 1 aliphatic carbocycles. The van der Waals surface area contributed by atoms with Crippen molar-refractivity contribution < 1.29 is 27.1 Å². The molecule has 2 aromatic carbocycles. The van der Waals surface area contributed by atoms with E-state index in [9.17, 15) is 22.4 Å². The summed E-state index contributed by atoms with van der Waals surface area (Å²) in [6, 6.07) is 7.99. The quantitative estimate of drug-likeness (QED) is 0.706. The van der Waals surface area contributed by atoms with Gasteiger partial charge in [-0.25, -0.2) is 4.39 Å². The van der Waals surface area contributed by atoms with Crippen LogP contribution >= 0.6 is 0 Å². The lowest BCUT2D eigenvalue weighted by atomic mass is 9.98. The molecule has 1 atom stereocenters. The number of hydrogen-bond donors (Lipinski definition) is 0. The van der Waals surface area contributed by atoms with Gasteiger partial charge in [-0.05, 0) is 48.2 Å². The van der Waals surface area contributed by atoms with E-state index in [0.717, 1.165) is 17.2 Å². The molecule has 26 heavy (non-hydrogen) atoms. The number of amides is 1. The van der Waals surface area contributed by atoms with Gasteiger partial charge in [0.05, 0.1) is 23.7 Å². The van der Waals surface area contributed by atoms with Crippen molar-refractivity contribution in [3.05, 3.63) is 58.9 Å². The number of nitrogens with zero attached hydrogens (tertiary/aromatic N) is 1. The zero-order valence-corrected chi connectivity index (χ0v) is 13.6. The Morgan fingerprint density at radius 2 is 2.00 bits per heavy atom. The standard InChI is InChI=1S/C19H15F4NO2/c20-12-5-7-13-11(10-12)4-6-14(13)18(25)24-8-9-26-17-15(19(21,22)23)2-1-3-16(17)24/h1-3,5,7,10,14H,4,6,8-9H2. The van der Waals surface area contributed by atoms with Crippen LogP contribution in [0.5, 0.6) is 5.75 Å². The molecule has 0 aromatic heterocycles. The Kier molecular flexibility index (Phi) is 3.89. The van der Waals surface area contributed by atoms with Crippen molar-refractivity contribution >= 4 is 11.6 Å². The first-order valence-corrected chi connectivity index (χ1v) is 8.29. The summed E-state index contributed by atoms with van der Waals surface area (Å²) in [6.07, 6.45) is -3.47. The number of para-hydroxylation sites is 1. The van der Waals surface area contributed by atoms with Crippen LogP contribution in [0.3, 0.4) is 0 Å². The van der Waals surface area contributed by atoms with E-state index in [1.165, 1.54) is 29.2 Å². The third-order valence-electron chi connectivity index (χ3n) is 4.90. The lowest BCUT2D eigenvalue weighted by Crippen LogP contribution is -2.41. The predicted octanol–water partition coefficient (Wildman–Crippen LogP) is 4.30. The van der Waals surface area contributed by atoms with Crippen LogP contribution in [0, 0.1) is 5.82 Å². The average Bonchev–Trinajstić information content (AvgIpc) is 3.02. The van der Waals surface area contributed by atoms with Gasteiger partial charge in [0.15, 0.2) is 5.75 Å². The van der Waals surface area contributed by atoms with Crippen LogP contribution in [0.4, 0.5) is 23.2 Å². The van der Waals surface area contributed by atoms with Crippen LogP contribution in [0.15, 0.2) is 36.4 Å². The van der Waals surface area contributed by atoms with Crippen molar-refractivity contribution in [3.63, 3.8) is 0 Å². The second-order valence-corrected chi connectivity index (χ2v) is 6.42. The fourth-order valence-corrected chi connectivity index (χ4v) is 3.73. The van der Waals surface area contributed by atoms with E-state index in [2.05, 4.69) is 0 Å². The van der Waals surface area contributed by atoms with Crippen molar-refractivity contribution in [2.45, 2.75) is 24.9 Å². The summed E-state index contributed by atoms with van der Waals surface area (Å²) < 4.78 is 58.3. The number of carbonyl (C=O) groups excluding carboxylic acids is 1. The maximum absolute atomic E-state index is 13.4. The highest BCUT2D eigenvalue weighted by atomic mass is 19.4. The summed E-state index contributed by atoms with van der Waals surface area (Å²) in [5.74, 6) is -1.43. The van der Waals surface area contributed by atoms with E-state index in [1.54, 1.807) is 6.07 Å². The minimum Gasteiger partial charge on any atom is -0.489 e. The van der Waals surface area contributed by atoms with Crippen molar-refractivity contribution in [3.8, 4) is 5.75 Å². The number of anilines is 1. The largest absolute Gasteiger partial charge is 0.489 e. The third-order valence-corrected chi connectivity index (χ3v) is 4.90. The number of rotatable bonds is 1. The molecule has 7 heteroatoms. The first-order chi connectivity index (χ1) is 12.4. The maximum atomic E-state index is 13.4. The Morgan fingerprint density at radius 1 is 1.19 bits per heavy atom. The molecular formula is C19H15F4NO2. The SMILES string of the molecule is O=C(C1CCc2cc(F)ccc21)N1CCOc2c1cccc2C(F)(F)F. The number of alkyl halides is 3. The molecule has 0 radical (unpaired) electrons. The van der Waals surface area contributed by atoms with Crippen LogP contribution in [0.1, 0.15) is 29.0 Å². The van der Waals surface area contributed by atoms with Gasteiger partial charge in [-0.15, -0.1) is 0 Å². The van der Waals surface area contributed by atoms with Crippen LogP contribution in [-0.2, 0) is 17.4 Å². The van der Waals surface area contributed by atoms with Crippen LogP contribution < -0.4 is 9.64 Å². The zero-order valence-electron chi connectivity index (χ0n) is 13.6. The summed E-state index contributed by atoms with van der Waals surface area (Å²) >= 11 is 0. The number of aryl methyl sites for hydroxylation is 1. The van der Waals surface area contributed by atoms with Crippen LogP contribution in [0.25, 0.3) is 0 Å². The number of ether oxygens (including phenoxy) is 1. The molecule has 0 N–H and O–H groups in total. The molecule has 0 saturated carbocycles. The van der Waals surface area contributed by atoms with Gasteiger partial charge < -0.3 is 9.64 Å². The number of hydrogen-bond acceptors (Lipinski definition) is 2. The molecule has 136 valence electrons. The fourth-order valence-electron chi connectivity index (χ4n) is 3.73.